The number of amides is 1. The summed E-state index contributed by atoms with van der Waals surface area (Å²) in [7, 11) is -3.71. The van der Waals surface area contributed by atoms with Gasteiger partial charge in [-0.3, -0.25) is 9.10 Å². The lowest BCUT2D eigenvalue weighted by molar-refractivity contribution is -0.116. The first-order chi connectivity index (χ1) is 12.2. The molecule has 140 valence electrons. The van der Waals surface area contributed by atoms with Crippen molar-refractivity contribution in [2.24, 2.45) is 0 Å². The van der Waals surface area contributed by atoms with E-state index >= 15 is 0 Å². The van der Waals surface area contributed by atoms with Gasteiger partial charge in [0.25, 0.3) is 0 Å². The second-order valence-electron chi connectivity index (χ2n) is 5.66. The first kappa shape index (κ1) is 19.7. The van der Waals surface area contributed by atoms with Crippen LogP contribution in [0.25, 0.3) is 0 Å². The summed E-state index contributed by atoms with van der Waals surface area (Å²) in [6.07, 6.45) is 1.03. The molecular weight excluding hydrogens is 359 g/mol. The molecule has 0 aliphatic carbocycles. The van der Waals surface area contributed by atoms with E-state index in [1.54, 1.807) is 24.3 Å². The molecular formula is C18H21FN2O4S. The summed E-state index contributed by atoms with van der Waals surface area (Å²) in [6.45, 7) is 3.82. The fourth-order valence-electron chi connectivity index (χ4n) is 2.44. The van der Waals surface area contributed by atoms with E-state index in [-0.39, 0.29) is 0 Å². The molecule has 8 heteroatoms. The van der Waals surface area contributed by atoms with Crippen LogP contribution >= 0.6 is 0 Å². The third kappa shape index (κ3) is 4.95. The summed E-state index contributed by atoms with van der Waals surface area (Å²) in [6, 6.07) is 10.7. The minimum Gasteiger partial charge on any atom is -0.494 e. The van der Waals surface area contributed by atoms with Crippen LogP contribution in [0.5, 0.6) is 5.75 Å². The Bertz CT molecular complexity index is 852. The van der Waals surface area contributed by atoms with Gasteiger partial charge < -0.3 is 10.1 Å². The lowest BCUT2D eigenvalue weighted by atomic mass is 10.2. The molecule has 0 bridgehead atoms. The zero-order chi connectivity index (χ0) is 19.3. The Morgan fingerprint density at radius 3 is 2.23 bits per heavy atom. The van der Waals surface area contributed by atoms with Crippen LogP contribution in [0, 0.1) is 5.82 Å². The summed E-state index contributed by atoms with van der Waals surface area (Å²) >= 11 is 0. The highest BCUT2D eigenvalue weighted by atomic mass is 32.2. The standard InChI is InChI=1S/C18H21FN2O4S/c1-4-25-17-11-9-16(10-12-17)21(26(3,23)24)13(2)18(22)20-15-7-5-14(19)6-8-15/h5-13H,4H2,1-3H3,(H,20,22)/t13-/m0/s1. The Kier molecular flexibility index (Phi) is 6.20. The maximum Gasteiger partial charge on any atom is 0.247 e. The lowest BCUT2D eigenvalue weighted by Crippen LogP contribution is -2.45. The predicted molar refractivity (Wildman–Crippen MR) is 99.4 cm³/mol. The first-order valence-electron chi connectivity index (χ1n) is 8.01. The van der Waals surface area contributed by atoms with Crippen molar-refractivity contribution in [3.63, 3.8) is 0 Å². The van der Waals surface area contributed by atoms with Crippen LogP contribution in [0.4, 0.5) is 15.8 Å². The van der Waals surface area contributed by atoms with Crippen molar-refractivity contribution in [1.82, 2.24) is 0 Å². The fraction of sp³-hybridized carbons (Fsp3) is 0.278. The van der Waals surface area contributed by atoms with E-state index < -0.39 is 27.8 Å². The number of benzene rings is 2. The second kappa shape index (κ2) is 8.18. The summed E-state index contributed by atoms with van der Waals surface area (Å²) in [5.74, 6) is -0.354. The van der Waals surface area contributed by atoms with E-state index in [1.165, 1.54) is 31.2 Å². The van der Waals surface area contributed by atoms with E-state index in [1.807, 2.05) is 6.92 Å². The SMILES string of the molecule is CCOc1ccc(N([C@@H](C)C(=O)Nc2ccc(F)cc2)S(C)(=O)=O)cc1. The normalized spacial score (nSPS) is 12.3. The third-order valence-electron chi connectivity index (χ3n) is 3.60. The van der Waals surface area contributed by atoms with Gasteiger partial charge >= 0.3 is 0 Å². The number of anilines is 2. The summed E-state index contributed by atoms with van der Waals surface area (Å²) in [5, 5.41) is 2.59. The molecule has 26 heavy (non-hydrogen) atoms. The van der Waals surface area contributed by atoms with Crippen molar-refractivity contribution < 1.29 is 22.3 Å². The van der Waals surface area contributed by atoms with Crippen molar-refractivity contribution in [3.05, 3.63) is 54.3 Å². The molecule has 0 saturated heterocycles. The maximum atomic E-state index is 13.0. The quantitative estimate of drug-likeness (QED) is 0.801. The number of nitrogens with zero attached hydrogens (tertiary/aromatic N) is 1. The maximum absolute atomic E-state index is 13.0. The first-order valence-corrected chi connectivity index (χ1v) is 9.86. The summed E-state index contributed by atoms with van der Waals surface area (Å²) in [5.41, 5.74) is 0.723. The number of hydrogen-bond acceptors (Lipinski definition) is 4. The van der Waals surface area contributed by atoms with Crippen molar-refractivity contribution in [1.29, 1.82) is 0 Å². The number of sulfonamides is 1. The molecule has 0 fully saturated rings. The molecule has 1 N–H and O–H groups in total. The van der Waals surface area contributed by atoms with E-state index in [0.717, 1.165) is 10.6 Å². The number of carbonyl (C=O) groups is 1. The zero-order valence-electron chi connectivity index (χ0n) is 14.8. The lowest BCUT2D eigenvalue weighted by Gasteiger charge is -2.28. The number of nitrogens with one attached hydrogen (secondary N) is 1. The Hall–Kier alpha value is -2.61. The Balaban J connectivity index is 2.25. The van der Waals surface area contributed by atoms with Crippen LogP contribution < -0.4 is 14.4 Å². The minimum atomic E-state index is -3.71. The molecule has 0 aromatic heterocycles. The van der Waals surface area contributed by atoms with Crippen LogP contribution in [-0.2, 0) is 14.8 Å². The smallest absolute Gasteiger partial charge is 0.247 e. The van der Waals surface area contributed by atoms with Crippen molar-refractivity contribution in [2.45, 2.75) is 19.9 Å². The van der Waals surface area contributed by atoms with Gasteiger partial charge in [-0.05, 0) is 62.4 Å². The molecule has 2 aromatic rings. The van der Waals surface area contributed by atoms with Crippen LogP contribution in [0.15, 0.2) is 48.5 Å². The molecule has 0 heterocycles. The van der Waals surface area contributed by atoms with Gasteiger partial charge in [0.1, 0.15) is 17.6 Å². The monoisotopic (exact) mass is 380 g/mol. The fourth-order valence-corrected chi connectivity index (χ4v) is 3.62. The van der Waals surface area contributed by atoms with E-state index in [4.69, 9.17) is 4.74 Å². The van der Waals surface area contributed by atoms with Crippen LogP contribution in [0.1, 0.15) is 13.8 Å². The highest BCUT2D eigenvalue weighted by Gasteiger charge is 2.29. The van der Waals surface area contributed by atoms with E-state index in [2.05, 4.69) is 5.32 Å². The van der Waals surface area contributed by atoms with Gasteiger partial charge in [-0.1, -0.05) is 0 Å². The van der Waals surface area contributed by atoms with Gasteiger partial charge in [0.2, 0.25) is 15.9 Å². The Morgan fingerprint density at radius 2 is 1.73 bits per heavy atom. The molecule has 0 saturated carbocycles. The Morgan fingerprint density at radius 1 is 1.15 bits per heavy atom. The number of hydrogen-bond donors (Lipinski definition) is 1. The largest absolute Gasteiger partial charge is 0.494 e. The predicted octanol–water partition coefficient (Wildman–Crippen LogP) is 3.02. The molecule has 6 nitrogen and oxygen atoms in total. The molecule has 0 aliphatic rings. The molecule has 0 spiro atoms. The molecule has 1 atom stereocenters. The van der Waals surface area contributed by atoms with Crippen molar-refractivity contribution >= 4 is 27.3 Å². The van der Waals surface area contributed by atoms with Gasteiger partial charge in [-0.15, -0.1) is 0 Å². The van der Waals surface area contributed by atoms with Crippen molar-refractivity contribution in [2.75, 3.05) is 22.5 Å². The third-order valence-corrected chi connectivity index (χ3v) is 4.84. The average molecular weight is 380 g/mol. The molecule has 1 amide bonds. The van der Waals surface area contributed by atoms with Crippen LogP contribution in [-0.4, -0.2) is 33.2 Å². The van der Waals surface area contributed by atoms with E-state index in [0.29, 0.717) is 23.7 Å². The second-order valence-corrected chi connectivity index (χ2v) is 7.52. The highest BCUT2D eigenvalue weighted by Crippen LogP contribution is 2.24. The van der Waals surface area contributed by atoms with Gasteiger partial charge in [0.15, 0.2) is 0 Å². The van der Waals surface area contributed by atoms with Gasteiger partial charge in [-0.25, -0.2) is 12.8 Å². The summed E-state index contributed by atoms with van der Waals surface area (Å²) < 4.78 is 43.8. The van der Waals surface area contributed by atoms with Crippen molar-refractivity contribution in [3.8, 4) is 5.75 Å². The van der Waals surface area contributed by atoms with Gasteiger partial charge in [-0.2, -0.15) is 0 Å². The van der Waals surface area contributed by atoms with Gasteiger partial charge in [0.05, 0.1) is 18.6 Å². The highest BCUT2D eigenvalue weighted by molar-refractivity contribution is 7.92. The number of rotatable bonds is 7. The molecule has 0 unspecified atom stereocenters. The van der Waals surface area contributed by atoms with E-state index in [9.17, 15) is 17.6 Å². The molecule has 2 rings (SSSR count). The van der Waals surface area contributed by atoms with Crippen LogP contribution in [0.2, 0.25) is 0 Å². The number of carbonyl (C=O) groups excluding carboxylic acids is 1. The number of halogens is 1. The number of ether oxygens (including phenoxy) is 1. The topological polar surface area (TPSA) is 75.7 Å². The molecule has 0 radical (unpaired) electrons. The van der Waals surface area contributed by atoms with Gasteiger partial charge in [0, 0.05) is 5.69 Å². The Labute approximate surface area is 152 Å². The minimum absolute atomic E-state index is 0.345. The molecule has 0 aliphatic heterocycles. The van der Waals surface area contributed by atoms with Crippen LogP contribution in [0.3, 0.4) is 0 Å². The average Bonchev–Trinajstić information content (AvgIpc) is 2.57. The molecule has 2 aromatic carbocycles. The zero-order valence-corrected chi connectivity index (χ0v) is 15.6. The summed E-state index contributed by atoms with van der Waals surface area (Å²) in [4.78, 5) is 12.5.